The van der Waals surface area contributed by atoms with E-state index in [2.05, 4.69) is 89.2 Å². The number of thiazole rings is 1. The van der Waals surface area contributed by atoms with Crippen LogP contribution < -0.4 is 16.1 Å². The number of carbonyl (C=O) groups is 1. The highest BCUT2D eigenvalue weighted by atomic mass is 32.1. The molecule has 2 aliphatic rings. The van der Waals surface area contributed by atoms with Crippen LogP contribution >= 0.6 is 11.3 Å². The second kappa shape index (κ2) is 20.2. The maximum Gasteiger partial charge on any atom is 0.137 e. The predicted octanol–water partition coefficient (Wildman–Crippen LogP) is 5.82. The number of ether oxygens (including phenoxy) is 3. The molecule has 0 bridgehead atoms. The number of nitrogens with two attached hydrogens (primary N) is 1. The normalized spacial score (nSPS) is 16.9. The highest BCUT2D eigenvalue weighted by Gasteiger charge is 2.29. The summed E-state index contributed by atoms with van der Waals surface area (Å²) in [5.41, 5.74) is 17.7. The fourth-order valence-corrected chi connectivity index (χ4v) is 8.52. The van der Waals surface area contributed by atoms with Gasteiger partial charge in [-0.1, -0.05) is 19.9 Å². The molecule has 1 aromatic carbocycles. The number of benzene rings is 1. The minimum absolute atomic E-state index is 0.123. The summed E-state index contributed by atoms with van der Waals surface area (Å²) in [6, 6.07) is 8.43. The Kier molecular flexibility index (Phi) is 15.8. The van der Waals surface area contributed by atoms with Crippen molar-refractivity contribution in [3.8, 4) is 22.5 Å². The van der Waals surface area contributed by atoms with Crippen molar-refractivity contribution in [1.82, 2.24) is 29.9 Å². The van der Waals surface area contributed by atoms with E-state index in [0.29, 0.717) is 13.0 Å². The molecule has 6 rings (SSSR count). The van der Waals surface area contributed by atoms with Crippen LogP contribution in [0.3, 0.4) is 0 Å². The van der Waals surface area contributed by atoms with Gasteiger partial charge in [-0.3, -0.25) is 15.3 Å². The van der Waals surface area contributed by atoms with E-state index in [-0.39, 0.29) is 11.5 Å². The highest BCUT2D eigenvalue weighted by molar-refractivity contribution is 7.10. The number of hydrazine groups is 1. The zero-order valence-electron chi connectivity index (χ0n) is 34.4. The Bertz CT molecular complexity index is 1810. The van der Waals surface area contributed by atoms with E-state index in [0.717, 1.165) is 98.3 Å². The lowest BCUT2D eigenvalue weighted by Gasteiger charge is -2.36. The number of anilines is 1. The summed E-state index contributed by atoms with van der Waals surface area (Å²) < 4.78 is 19.4. The number of rotatable bonds is 16. The van der Waals surface area contributed by atoms with E-state index in [1.165, 1.54) is 41.5 Å². The molecule has 0 radical (unpaired) electrons. The largest absolute Gasteiger partial charge is 0.384 e. The molecule has 2 unspecified atom stereocenters. The first-order valence-electron chi connectivity index (χ1n) is 19.8. The molecule has 3 aromatic heterocycles. The quantitative estimate of drug-likeness (QED) is 0.134. The number of aryl methyl sites for hydroxylation is 1. The average Bonchev–Trinajstić information content (AvgIpc) is 3.78. The summed E-state index contributed by atoms with van der Waals surface area (Å²) >= 11 is 1.54. The van der Waals surface area contributed by atoms with Gasteiger partial charge in [0, 0.05) is 115 Å². The molecule has 0 saturated carbocycles. The molecular weight excluding hydrogens is 713 g/mol. The van der Waals surface area contributed by atoms with Gasteiger partial charge in [-0.2, -0.15) is 0 Å². The standard InChI is InChI=1S/C37H52N6O4S.C5H12N2/c1-8-43-33-10-9-26(32-23-48-34(40-32)18-27(38)22-44)17-29(33)31(20-37(3,4)24-46-6)36(43)30-19-28(21-39-35(30)25(2)47-7)42-13-11-41(12-14-42)15-16-45-5;1-7-5-3-2-4-6-7/h9-10,17,19,21-23,25,27H,8,11-16,18,20,24,38H2,1-7H3;6H,2-5H2,1H3. The van der Waals surface area contributed by atoms with E-state index in [4.69, 9.17) is 29.9 Å². The topological polar surface area (TPSA) is 123 Å². The van der Waals surface area contributed by atoms with Gasteiger partial charge in [0.05, 0.1) is 59.3 Å². The second-order valence-corrected chi connectivity index (χ2v) is 16.5. The van der Waals surface area contributed by atoms with Crippen molar-refractivity contribution in [2.45, 2.75) is 72.1 Å². The third-order valence-corrected chi connectivity index (χ3v) is 11.5. The molecule has 0 amide bonds. The summed E-state index contributed by atoms with van der Waals surface area (Å²) in [7, 11) is 7.36. The van der Waals surface area contributed by atoms with E-state index in [1.54, 1.807) is 32.7 Å². The van der Waals surface area contributed by atoms with E-state index in [9.17, 15) is 4.79 Å². The van der Waals surface area contributed by atoms with Crippen molar-refractivity contribution in [1.29, 1.82) is 0 Å². The molecule has 0 aliphatic carbocycles. The summed E-state index contributed by atoms with van der Waals surface area (Å²) in [4.78, 5) is 26.0. The lowest BCUT2D eigenvalue weighted by atomic mass is 9.84. The molecule has 55 heavy (non-hydrogen) atoms. The summed E-state index contributed by atoms with van der Waals surface area (Å²) in [5, 5.41) is 6.25. The van der Waals surface area contributed by atoms with Crippen molar-refractivity contribution < 1.29 is 19.0 Å². The Labute approximate surface area is 332 Å². The average molecular weight is 777 g/mol. The van der Waals surface area contributed by atoms with Gasteiger partial charge in [0.1, 0.15) is 6.29 Å². The van der Waals surface area contributed by atoms with Crippen molar-refractivity contribution in [3.05, 3.63) is 52.1 Å². The molecular formula is C42H64N8O4S. The minimum Gasteiger partial charge on any atom is -0.384 e. The number of aromatic nitrogens is 3. The molecule has 4 aromatic rings. The number of aldehydes is 1. The van der Waals surface area contributed by atoms with E-state index in [1.807, 2.05) is 6.20 Å². The van der Waals surface area contributed by atoms with Gasteiger partial charge >= 0.3 is 0 Å². The Morgan fingerprint density at radius 2 is 1.85 bits per heavy atom. The number of pyridine rings is 1. The monoisotopic (exact) mass is 776 g/mol. The van der Waals surface area contributed by atoms with Crippen LogP contribution in [0.5, 0.6) is 0 Å². The Balaban J connectivity index is 0.000000745. The molecule has 2 aliphatic heterocycles. The van der Waals surface area contributed by atoms with Crippen LogP contribution in [0, 0.1) is 5.41 Å². The predicted molar refractivity (Wildman–Crippen MR) is 225 cm³/mol. The zero-order valence-corrected chi connectivity index (χ0v) is 35.2. The second-order valence-electron chi connectivity index (χ2n) is 15.6. The van der Waals surface area contributed by atoms with Crippen LogP contribution in [0.1, 0.15) is 62.9 Å². The minimum atomic E-state index is -0.546. The number of piperazine rings is 1. The first-order valence-corrected chi connectivity index (χ1v) is 20.6. The van der Waals surface area contributed by atoms with Crippen LogP contribution in [0.25, 0.3) is 33.4 Å². The van der Waals surface area contributed by atoms with Gasteiger partial charge in [0.25, 0.3) is 0 Å². The van der Waals surface area contributed by atoms with Crippen molar-refractivity contribution >= 4 is 34.2 Å². The Hall–Kier alpha value is -3.27. The summed E-state index contributed by atoms with van der Waals surface area (Å²) in [6.07, 6.45) is 6.54. The molecule has 5 heterocycles. The zero-order chi connectivity index (χ0) is 39.5. The number of methoxy groups -OCH3 is 3. The number of hydrogen-bond acceptors (Lipinski definition) is 12. The first kappa shape index (κ1) is 42.9. The number of nitrogens with one attached hydrogen (secondary N) is 1. The Morgan fingerprint density at radius 3 is 2.47 bits per heavy atom. The van der Waals surface area contributed by atoms with Crippen LogP contribution in [0.15, 0.2) is 35.8 Å². The summed E-state index contributed by atoms with van der Waals surface area (Å²) in [5.74, 6) is 0. The van der Waals surface area contributed by atoms with Crippen molar-refractivity contribution in [2.75, 3.05) is 92.3 Å². The maximum absolute atomic E-state index is 11.2. The lowest BCUT2D eigenvalue weighted by Crippen LogP contribution is -2.47. The first-order chi connectivity index (χ1) is 26.5. The van der Waals surface area contributed by atoms with Gasteiger partial charge in [0.15, 0.2) is 0 Å². The van der Waals surface area contributed by atoms with Crippen LogP contribution in [-0.2, 0) is 38.4 Å². The van der Waals surface area contributed by atoms with Crippen LogP contribution in [0.2, 0.25) is 0 Å². The number of carbonyl (C=O) groups excluding carboxylic acids is 1. The third-order valence-electron chi connectivity index (χ3n) is 10.7. The lowest BCUT2D eigenvalue weighted by molar-refractivity contribution is -0.108. The molecule has 3 N–H and O–H groups in total. The van der Waals surface area contributed by atoms with Gasteiger partial charge in [-0.25, -0.2) is 9.99 Å². The molecule has 2 atom stereocenters. The van der Waals surface area contributed by atoms with Gasteiger partial charge < -0.3 is 34.2 Å². The number of fused-ring (bicyclic) bond motifs is 1. The fourth-order valence-electron chi connectivity index (χ4n) is 7.64. The van der Waals surface area contributed by atoms with E-state index < -0.39 is 6.04 Å². The van der Waals surface area contributed by atoms with Gasteiger partial charge in [-0.15, -0.1) is 11.3 Å². The number of hydrogen-bond donors (Lipinski definition) is 2. The van der Waals surface area contributed by atoms with Crippen LogP contribution in [0.4, 0.5) is 5.69 Å². The van der Waals surface area contributed by atoms with E-state index >= 15 is 0 Å². The molecule has 2 fully saturated rings. The Morgan fingerprint density at radius 1 is 1.07 bits per heavy atom. The smallest absolute Gasteiger partial charge is 0.137 e. The highest BCUT2D eigenvalue weighted by Crippen LogP contribution is 2.43. The molecule has 0 spiro atoms. The number of nitrogens with zero attached hydrogens (tertiary/aromatic N) is 6. The molecule has 2 saturated heterocycles. The fraction of sp³-hybridized carbons (Fsp3) is 0.595. The van der Waals surface area contributed by atoms with Crippen LogP contribution in [-0.4, -0.2) is 124 Å². The van der Waals surface area contributed by atoms with Crippen molar-refractivity contribution in [3.63, 3.8) is 0 Å². The van der Waals surface area contributed by atoms with Crippen molar-refractivity contribution in [2.24, 2.45) is 11.1 Å². The maximum atomic E-state index is 11.2. The molecule has 12 nitrogen and oxygen atoms in total. The third kappa shape index (κ3) is 11.0. The van der Waals surface area contributed by atoms with Gasteiger partial charge in [0.2, 0.25) is 0 Å². The molecule has 302 valence electrons. The summed E-state index contributed by atoms with van der Waals surface area (Å²) in [6.45, 7) is 18.1. The van der Waals surface area contributed by atoms with Gasteiger partial charge in [-0.05, 0) is 62.3 Å². The SMILES string of the molecule is CCn1c(-c2cc(N3CCN(CCOC)CC3)cnc2C(C)OC)c(CC(C)(C)COC)c2cc(-c3csc(CC(N)C=O)n3)ccc21.CN1CCCCN1. The molecule has 13 heteroatoms.